The Bertz CT molecular complexity index is 797. The van der Waals surface area contributed by atoms with Crippen molar-refractivity contribution in [3.63, 3.8) is 0 Å². The Morgan fingerprint density at radius 2 is 2.00 bits per heavy atom. The average Bonchev–Trinajstić information content (AvgIpc) is 2.84. The molecule has 3 amide bonds. The molecule has 1 atom stereocenters. The zero-order chi connectivity index (χ0) is 19.8. The number of ether oxygens (including phenoxy) is 1. The molecular weight excluding hydrogens is 350 g/mol. The highest BCUT2D eigenvalue weighted by atomic mass is 16.6. The van der Waals surface area contributed by atoms with E-state index in [0.717, 1.165) is 0 Å². The zero-order valence-electron chi connectivity index (χ0n) is 15.7. The van der Waals surface area contributed by atoms with Crippen molar-refractivity contribution in [2.24, 2.45) is 5.41 Å². The lowest BCUT2D eigenvalue weighted by molar-refractivity contribution is -0.136. The monoisotopic (exact) mass is 373 g/mol. The molecule has 0 bridgehead atoms. The van der Waals surface area contributed by atoms with E-state index in [0.29, 0.717) is 18.7 Å². The maximum Gasteiger partial charge on any atom is 0.340 e. The summed E-state index contributed by atoms with van der Waals surface area (Å²) < 4.78 is 5.29. The fourth-order valence-corrected chi connectivity index (χ4v) is 3.39. The fraction of sp³-hybridized carbons (Fsp3) is 0.526. The number of imide groups is 1. The van der Waals surface area contributed by atoms with Gasteiger partial charge in [0.05, 0.1) is 11.0 Å². The van der Waals surface area contributed by atoms with E-state index in [1.54, 1.807) is 32.9 Å². The van der Waals surface area contributed by atoms with Crippen molar-refractivity contribution < 1.29 is 23.9 Å². The molecule has 2 saturated heterocycles. The van der Waals surface area contributed by atoms with E-state index in [4.69, 9.17) is 4.74 Å². The third-order valence-corrected chi connectivity index (χ3v) is 4.70. The Morgan fingerprint density at radius 3 is 2.63 bits per heavy atom. The first-order valence-electron chi connectivity index (χ1n) is 8.94. The molecule has 1 aromatic rings. The van der Waals surface area contributed by atoms with Crippen LogP contribution in [0, 0.1) is 5.41 Å². The molecule has 1 spiro atoms. The summed E-state index contributed by atoms with van der Waals surface area (Å²) in [6.45, 7) is 5.50. The maximum absolute atomic E-state index is 12.5. The number of nitrogens with one attached hydrogen (secondary N) is 1. The van der Waals surface area contributed by atoms with Crippen molar-refractivity contribution in [3.05, 3.63) is 23.9 Å². The first-order chi connectivity index (χ1) is 12.6. The van der Waals surface area contributed by atoms with Crippen LogP contribution >= 0.6 is 0 Å². The van der Waals surface area contributed by atoms with Gasteiger partial charge in [-0.1, -0.05) is 0 Å². The van der Waals surface area contributed by atoms with Crippen LogP contribution in [0.4, 0.5) is 5.82 Å². The van der Waals surface area contributed by atoms with Crippen molar-refractivity contribution >= 4 is 29.5 Å². The molecule has 0 aliphatic carbocycles. The van der Waals surface area contributed by atoms with Gasteiger partial charge in [-0.2, -0.15) is 0 Å². The lowest BCUT2D eigenvalue weighted by Crippen LogP contribution is -2.43. The number of hydrogen-bond donors (Lipinski definition) is 1. The summed E-state index contributed by atoms with van der Waals surface area (Å²) in [5.74, 6) is -1.05. The summed E-state index contributed by atoms with van der Waals surface area (Å²) in [5.41, 5.74) is -1.24. The topological polar surface area (TPSA) is 106 Å². The Balaban J connectivity index is 1.77. The molecule has 27 heavy (non-hydrogen) atoms. The molecule has 2 fully saturated rings. The number of hydrogen-bond acceptors (Lipinski definition) is 6. The minimum absolute atomic E-state index is 0.0433. The third-order valence-electron chi connectivity index (χ3n) is 4.70. The molecule has 144 valence electrons. The highest BCUT2D eigenvalue weighted by Crippen LogP contribution is 2.39. The standard InChI is InChI=1S/C19H23N3O5/c1-18(2,3)27-16(25)12-6-7-13(20-10-12)22-11-19(9-15(22)24)8-4-5-14(23)21-17(19)26/h6-7,10H,4-5,8-9,11H2,1-3H3,(H,21,23,26). The number of amides is 3. The Kier molecular flexibility index (Phi) is 4.75. The lowest BCUT2D eigenvalue weighted by atomic mass is 9.82. The molecule has 1 N–H and O–H groups in total. The van der Waals surface area contributed by atoms with Crippen LogP contribution in [-0.4, -0.2) is 40.8 Å². The molecule has 0 aromatic carbocycles. The Hall–Kier alpha value is -2.77. The van der Waals surface area contributed by atoms with E-state index in [1.807, 2.05) is 0 Å². The van der Waals surface area contributed by atoms with E-state index in [9.17, 15) is 19.2 Å². The average molecular weight is 373 g/mol. The van der Waals surface area contributed by atoms with Gasteiger partial charge in [0, 0.05) is 25.6 Å². The number of rotatable bonds is 2. The van der Waals surface area contributed by atoms with Gasteiger partial charge in [-0.3, -0.25) is 24.6 Å². The van der Waals surface area contributed by atoms with Gasteiger partial charge in [-0.15, -0.1) is 0 Å². The van der Waals surface area contributed by atoms with Crippen LogP contribution in [0.15, 0.2) is 18.3 Å². The van der Waals surface area contributed by atoms with E-state index < -0.39 is 22.9 Å². The number of aromatic nitrogens is 1. The Labute approximate surface area is 157 Å². The minimum atomic E-state index is -0.908. The number of nitrogens with zero attached hydrogens (tertiary/aromatic N) is 2. The van der Waals surface area contributed by atoms with Crippen LogP contribution in [0.25, 0.3) is 0 Å². The molecule has 0 saturated carbocycles. The van der Waals surface area contributed by atoms with Crippen LogP contribution < -0.4 is 10.2 Å². The Morgan fingerprint density at radius 1 is 1.26 bits per heavy atom. The van der Waals surface area contributed by atoms with Crippen molar-refractivity contribution in [2.45, 2.75) is 52.1 Å². The third kappa shape index (κ3) is 3.99. The normalized spacial score (nSPS) is 23.4. The predicted octanol–water partition coefficient (Wildman–Crippen LogP) is 1.59. The lowest BCUT2D eigenvalue weighted by Gasteiger charge is -2.24. The molecule has 8 nitrogen and oxygen atoms in total. The summed E-state index contributed by atoms with van der Waals surface area (Å²) in [6, 6.07) is 3.11. The molecule has 3 rings (SSSR count). The number of carbonyl (C=O) groups is 4. The quantitative estimate of drug-likeness (QED) is 0.623. The fourth-order valence-electron chi connectivity index (χ4n) is 3.39. The molecule has 0 radical (unpaired) electrons. The van der Waals surface area contributed by atoms with Gasteiger partial charge in [0.2, 0.25) is 17.7 Å². The van der Waals surface area contributed by atoms with Gasteiger partial charge in [-0.25, -0.2) is 9.78 Å². The second-order valence-corrected chi connectivity index (χ2v) is 8.07. The van der Waals surface area contributed by atoms with E-state index in [1.165, 1.54) is 11.1 Å². The van der Waals surface area contributed by atoms with Gasteiger partial charge >= 0.3 is 5.97 Å². The number of esters is 1. The van der Waals surface area contributed by atoms with E-state index in [2.05, 4.69) is 10.3 Å². The largest absolute Gasteiger partial charge is 0.456 e. The van der Waals surface area contributed by atoms with Gasteiger partial charge in [0.15, 0.2) is 0 Å². The van der Waals surface area contributed by atoms with Crippen molar-refractivity contribution in [2.75, 3.05) is 11.4 Å². The van der Waals surface area contributed by atoms with Gasteiger partial charge in [-0.05, 0) is 45.7 Å². The summed E-state index contributed by atoms with van der Waals surface area (Å²) >= 11 is 0. The second kappa shape index (κ2) is 6.75. The van der Waals surface area contributed by atoms with Crippen LogP contribution in [0.3, 0.4) is 0 Å². The SMILES string of the molecule is CC(C)(C)OC(=O)c1ccc(N2CC3(CCCC(=O)NC3=O)CC2=O)nc1. The molecule has 2 aliphatic rings. The number of pyridine rings is 1. The number of anilines is 1. The molecule has 2 aliphatic heterocycles. The van der Waals surface area contributed by atoms with Gasteiger partial charge < -0.3 is 4.74 Å². The van der Waals surface area contributed by atoms with Gasteiger partial charge in [0.25, 0.3) is 0 Å². The van der Waals surface area contributed by atoms with Crippen molar-refractivity contribution in [3.8, 4) is 0 Å². The summed E-state index contributed by atoms with van der Waals surface area (Å²) in [5, 5.41) is 2.37. The first kappa shape index (κ1) is 19.0. The molecule has 1 unspecified atom stereocenters. The summed E-state index contributed by atoms with van der Waals surface area (Å²) in [6.07, 6.45) is 2.72. The predicted molar refractivity (Wildman–Crippen MR) is 95.8 cm³/mol. The second-order valence-electron chi connectivity index (χ2n) is 8.07. The molecule has 8 heteroatoms. The van der Waals surface area contributed by atoms with E-state index >= 15 is 0 Å². The summed E-state index contributed by atoms with van der Waals surface area (Å²) in [7, 11) is 0. The number of carbonyl (C=O) groups excluding carboxylic acids is 4. The summed E-state index contributed by atoms with van der Waals surface area (Å²) in [4.78, 5) is 54.3. The zero-order valence-corrected chi connectivity index (χ0v) is 15.7. The first-order valence-corrected chi connectivity index (χ1v) is 8.94. The minimum Gasteiger partial charge on any atom is -0.456 e. The molecule has 1 aromatic heterocycles. The highest BCUT2D eigenvalue weighted by molar-refractivity contribution is 6.06. The van der Waals surface area contributed by atoms with Crippen LogP contribution in [0.2, 0.25) is 0 Å². The van der Waals surface area contributed by atoms with Gasteiger partial charge in [0.1, 0.15) is 11.4 Å². The van der Waals surface area contributed by atoms with E-state index in [-0.39, 0.29) is 36.8 Å². The van der Waals surface area contributed by atoms with Crippen LogP contribution in [-0.2, 0) is 19.1 Å². The van der Waals surface area contributed by atoms with Crippen LogP contribution in [0.1, 0.15) is 56.8 Å². The molecule has 3 heterocycles. The smallest absolute Gasteiger partial charge is 0.340 e. The maximum atomic E-state index is 12.5. The molecular formula is C19H23N3O5. The van der Waals surface area contributed by atoms with Crippen molar-refractivity contribution in [1.29, 1.82) is 0 Å². The van der Waals surface area contributed by atoms with Crippen LogP contribution in [0.5, 0.6) is 0 Å². The highest BCUT2D eigenvalue weighted by Gasteiger charge is 2.50. The van der Waals surface area contributed by atoms with Crippen molar-refractivity contribution in [1.82, 2.24) is 10.3 Å².